The molecule has 100 valence electrons. The number of hydrogen-bond donors (Lipinski definition) is 3. The van der Waals surface area contributed by atoms with Gasteiger partial charge in [-0.2, -0.15) is 0 Å². The lowest BCUT2D eigenvalue weighted by molar-refractivity contribution is 0.241. The van der Waals surface area contributed by atoms with Gasteiger partial charge < -0.3 is 15.7 Å². The van der Waals surface area contributed by atoms with Crippen molar-refractivity contribution >= 4 is 34.9 Å². The summed E-state index contributed by atoms with van der Waals surface area (Å²) >= 11 is 12.0. The van der Waals surface area contributed by atoms with Crippen molar-refractivity contribution in [1.29, 1.82) is 0 Å². The molecule has 1 aromatic carbocycles. The summed E-state index contributed by atoms with van der Waals surface area (Å²) in [4.78, 5) is 11.6. The van der Waals surface area contributed by atoms with Crippen molar-refractivity contribution in [1.82, 2.24) is 5.32 Å². The summed E-state index contributed by atoms with van der Waals surface area (Å²) in [5.74, 6) is 0. The van der Waals surface area contributed by atoms with Gasteiger partial charge in [0.05, 0.1) is 10.7 Å². The Balaban J connectivity index is 2.67. The summed E-state index contributed by atoms with van der Waals surface area (Å²) < 4.78 is 0. The Labute approximate surface area is 116 Å². The Morgan fingerprint density at radius 3 is 2.67 bits per heavy atom. The SMILES string of the molecule is Cc1cc(Cl)c(NC(=O)N[C@H](C)CCO)cc1Cl. The highest BCUT2D eigenvalue weighted by Crippen LogP contribution is 2.28. The molecule has 4 nitrogen and oxygen atoms in total. The molecule has 0 aromatic heterocycles. The maximum Gasteiger partial charge on any atom is 0.319 e. The van der Waals surface area contributed by atoms with Crippen molar-refractivity contribution in [3.05, 3.63) is 27.7 Å². The zero-order chi connectivity index (χ0) is 13.7. The van der Waals surface area contributed by atoms with Crippen LogP contribution in [0, 0.1) is 6.92 Å². The standard InChI is InChI=1S/C12H16Cl2N2O2/c1-7-5-10(14)11(6-9(7)13)16-12(18)15-8(2)3-4-17/h5-6,8,17H,3-4H2,1-2H3,(H2,15,16,18)/t8-/m1/s1. The van der Waals surface area contributed by atoms with Crippen LogP contribution in [0.25, 0.3) is 0 Å². The molecule has 0 aliphatic rings. The summed E-state index contributed by atoms with van der Waals surface area (Å²) in [5.41, 5.74) is 1.31. The van der Waals surface area contributed by atoms with Gasteiger partial charge in [-0.25, -0.2) is 4.79 Å². The van der Waals surface area contributed by atoms with Crippen LogP contribution in [0.2, 0.25) is 10.0 Å². The molecule has 3 N–H and O–H groups in total. The first kappa shape index (κ1) is 15.1. The van der Waals surface area contributed by atoms with E-state index >= 15 is 0 Å². The van der Waals surface area contributed by atoms with E-state index in [4.69, 9.17) is 28.3 Å². The molecule has 0 aliphatic carbocycles. The number of rotatable bonds is 4. The monoisotopic (exact) mass is 290 g/mol. The van der Waals surface area contributed by atoms with Gasteiger partial charge in [0, 0.05) is 17.7 Å². The lowest BCUT2D eigenvalue weighted by Crippen LogP contribution is -2.36. The summed E-state index contributed by atoms with van der Waals surface area (Å²) in [6.07, 6.45) is 0.496. The van der Waals surface area contributed by atoms with Crippen molar-refractivity contribution in [3.8, 4) is 0 Å². The number of aliphatic hydroxyl groups is 1. The molecule has 0 spiro atoms. The van der Waals surface area contributed by atoms with Crippen LogP contribution in [0.5, 0.6) is 0 Å². The third kappa shape index (κ3) is 4.37. The van der Waals surface area contributed by atoms with E-state index in [1.54, 1.807) is 19.1 Å². The van der Waals surface area contributed by atoms with E-state index in [1.165, 1.54) is 0 Å². The smallest absolute Gasteiger partial charge is 0.319 e. The first-order valence-corrected chi connectivity index (χ1v) is 6.33. The van der Waals surface area contributed by atoms with Crippen LogP contribution in [0.4, 0.5) is 10.5 Å². The number of carbonyl (C=O) groups is 1. The summed E-state index contributed by atoms with van der Waals surface area (Å²) in [6, 6.07) is 2.80. The molecular formula is C12H16Cl2N2O2. The number of benzene rings is 1. The number of halogens is 2. The van der Waals surface area contributed by atoms with E-state index in [1.807, 2.05) is 6.92 Å². The van der Waals surface area contributed by atoms with E-state index in [-0.39, 0.29) is 18.7 Å². The van der Waals surface area contributed by atoms with Crippen LogP contribution in [0.15, 0.2) is 12.1 Å². The lowest BCUT2D eigenvalue weighted by atomic mass is 10.2. The Hall–Kier alpha value is -0.970. The van der Waals surface area contributed by atoms with Gasteiger partial charge in [0.2, 0.25) is 0 Å². The number of carbonyl (C=O) groups excluding carboxylic acids is 1. The first-order chi connectivity index (χ1) is 8.43. The maximum absolute atomic E-state index is 11.6. The van der Waals surface area contributed by atoms with E-state index in [0.717, 1.165) is 5.56 Å². The van der Waals surface area contributed by atoms with Crippen LogP contribution in [-0.4, -0.2) is 23.8 Å². The van der Waals surface area contributed by atoms with Gasteiger partial charge in [0.25, 0.3) is 0 Å². The summed E-state index contributed by atoms with van der Waals surface area (Å²) in [5, 5.41) is 15.0. The minimum atomic E-state index is -0.377. The highest BCUT2D eigenvalue weighted by atomic mass is 35.5. The molecule has 6 heteroatoms. The second-order valence-corrected chi connectivity index (χ2v) is 4.91. The molecule has 0 unspecified atom stereocenters. The highest BCUT2D eigenvalue weighted by molar-refractivity contribution is 6.36. The largest absolute Gasteiger partial charge is 0.396 e. The molecule has 0 heterocycles. The maximum atomic E-state index is 11.6. The third-order valence-electron chi connectivity index (χ3n) is 2.44. The second kappa shape index (κ2) is 6.83. The number of hydrogen-bond acceptors (Lipinski definition) is 2. The number of amides is 2. The van der Waals surface area contributed by atoms with Crippen molar-refractivity contribution in [2.45, 2.75) is 26.3 Å². The van der Waals surface area contributed by atoms with Gasteiger partial charge in [-0.1, -0.05) is 23.2 Å². The van der Waals surface area contributed by atoms with Crippen LogP contribution in [0.3, 0.4) is 0 Å². The number of aliphatic hydroxyl groups excluding tert-OH is 1. The normalized spacial score (nSPS) is 12.1. The Kier molecular flexibility index (Phi) is 5.72. The van der Waals surface area contributed by atoms with Crippen molar-refractivity contribution in [2.24, 2.45) is 0 Å². The van der Waals surface area contributed by atoms with Crippen LogP contribution in [-0.2, 0) is 0 Å². The van der Waals surface area contributed by atoms with Gasteiger partial charge in [0.1, 0.15) is 0 Å². The molecule has 0 saturated carbocycles. The average Bonchev–Trinajstić information content (AvgIpc) is 2.26. The predicted molar refractivity (Wildman–Crippen MR) is 74.5 cm³/mol. The average molecular weight is 291 g/mol. The number of aryl methyl sites for hydroxylation is 1. The predicted octanol–water partition coefficient (Wildman–Crippen LogP) is 3.19. The molecular weight excluding hydrogens is 275 g/mol. The number of urea groups is 1. The highest BCUT2D eigenvalue weighted by Gasteiger charge is 2.10. The molecule has 0 radical (unpaired) electrons. The minimum absolute atomic E-state index is 0.0264. The molecule has 0 fully saturated rings. The van der Waals surface area contributed by atoms with Crippen LogP contribution < -0.4 is 10.6 Å². The van der Waals surface area contributed by atoms with Gasteiger partial charge in [-0.15, -0.1) is 0 Å². The number of anilines is 1. The van der Waals surface area contributed by atoms with Crippen molar-refractivity contribution in [3.63, 3.8) is 0 Å². The Morgan fingerprint density at radius 2 is 2.06 bits per heavy atom. The van der Waals surface area contributed by atoms with Crippen LogP contribution in [0.1, 0.15) is 18.9 Å². The molecule has 18 heavy (non-hydrogen) atoms. The van der Waals surface area contributed by atoms with Gasteiger partial charge in [-0.05, 0) is 38.0 Å². The van der Waals surface area contributed by atoms with E-state index in [9.17, 15) is 4.79 Å². The molecule has 1 atom stereocenters. The zero-order valence-corrected chi connectivity index (χ0v) is 11.8. The fraction of sp³-hybridized carbons (Fsp3) is 0.417. The molecule has 0 saturated heterocycles. The molecule has 1 rings (SSSR count). The molecule has 1 aromatic rings. The summed E-state index contributed by atoms with van der Waals surface area (Å²) in [7, 11) is 0. The molecule has 0 aliphatic heterocycles. The van der Waals surface area contributed by atoms with Gasteiger partial charge >= 0.3 is 6.03 Å². The van der Waals surface area contributed by atoms with E-state index < -0.39 is 0 Å². The molecule has 0 bridgehead atoms. The fourth-order valence-electron chi connectivity index (χ4n) is 1.39. The third-order valence-corrected chi connectivity index (χ3v) is 3.16. The topological polar surface area (TPSA) is 61.4 Å². The van der Waals surface area contributed by atoms with E-state index in [2.05, 4.69) is 10.6 Å². The lowest BCUT2D eigenvalue weighted by Gasteiger charge is -2.14. The molecule has 2 amide bonds. The second-order valence-electron chi connectivity index (χ2n) is 4.09. The Morgan fingerprint density at radius 1 is 1.39 bits per heavy atom. The van der Waals surface area contributed by atoms with Gasteiger partial charge in [0.15, 0.2) is 0 Å². The zero-order valence-electron chi connectivity index (χ0n) is 10.3. The fourth-order valence-corrected chi connectivity index (χ4v) is 1.82. The Bertz CT molecular complexity index is 438. The first-order valence-electron chi connectivity index (χ1n) is 5.58. The van der Waals surface area contributed by atoms with E-state index in [0.29, 0.717) is 22.2 Å². The van der Waals surface area contributed by atoms with Crippen molar-refractivity contribution in [2.75, 3.05) is 11.9 Å². The quantitative estimate of drug-likeness (QED) is 0.797. The summed E-state index contributed by atoms with van der Waals surface area (Å²) in [6.45, 7) is 3.67. The number of nitrogens with one attached hydrogen (secondary N) is 2. The van der Waals surface area contributed by atoms with Crippen LogP contribution >= 0.6 is 23.2 Å². The van der Waals surface area contributed by atoms with Gasteiger partial charge in [-0.3, -0.25) is 0 Å². The van der Waals surface area contributed by atoms with Crippen molar-refractivity contribution < 1.29 is 9.90 Å². The minimum Gasteiger partial charge on any atom is -0.396 e.